The highest BCUT2D eigenvalue weighted by Gasteiger charge is 2.14. The molecule has 7 heteroatoms. The van der Waals surface area contributed by atoms with Crippen LogP contribution < -0.4 is 11.3 Å². The van der Waals surface area contributed by atoms with Crippen LogP contribution in [0, 0.1) is 13.8 Å². The van der Waals surface area contributed by atoms with E-state index in [9.17, 15) is 4.79 Å². The summed E-state index contributed by atoms with van der Waals surface area (Å²) in [4.78, 5) is 18.5. The number of aromatic nitrogens is 2. The largest absolute Gasteiger partial charge is 0.368 e. The van der Waals surface area contributed by atoms with Crippen LogP contribution >= 0.6 is 22.9 Å². The SMILES string of the molecule is Cc1sc2nc(N)n(/N=C/c3ccc(Cl)cc3)c(=O)c2c1C. The number of fused-ring (bicyclic) bond motifs is 1. The molecule has 0 fully saturated rings. The van der Waals surface area contributed by atoms with Crippen molar-refractivity contribution in [1.82, 2.24) is 9.66 Å². The number of halogens is 1. The lowest BCUT2D eigenvalue weighted by Crippen LogP contribution is -2.21. The molecule has 5 nitrogen and oxygen atoms in total. The average molecular weight is 333 g/mol. The van der Waals surface area contributed by atoms with Crippen LogP contribution in [-0.2, 0) is 0 Å². The molecule has 0 saturated carbocycles. The highest BCUT2D eigenvalue weighted by molar-refractivity contribution is 7.18. The number of rotatable bonds is 2. The molecule has 0 aliphatic heterocycles. The van der Waals surface area contributed by atoms with E-state index in [1.807, 2.05) is 13.8 Å². The number of aryl methyl sites for hydroxylation is 2. The van der Waals surface area contributed by atoms with Gasteiger partial charge in [-0.2, -0.15) is 9.78 Å². The summed E-state index contributed by atoms with van der Waals surface area (Å²) in [5.41, 5.74) is 7.34. The monoisotopic (exact) mass is 332 g/mol. The van der Waals surface area contributed by atoms with Gasteiger partial charge in [-0.1, -0.05) is 23.7 Å². The first-order chi connectivity index (χ1) is 10.5. The van der Waals surface area contributed by atoms with E-state index in [0.29, 0.717) is 15.2 Å². The van der Waals surface area contributed by atoms with Crippen LogP contribution in [0.25, 0.3) is 10.2 Å². The van der Waals surface area contributed by atoms with Crippen LogP contribution in [0.1, 0.15) is 16.0 Å². The van der Waals surface area contributed by atoms with Crippen LogP contribution in [0.3, 0.4) is 0 Å². The van der Waals surface area contributed by atoms with E-state index in [0.717, 1.165) is 20.7 Å². The molecule has 0 spiro atoms. The summed E-state index contributed by atoms with van der Waals surface area (Å²) in [5, 5.41) is 5.37. The molecule has 0 bridgehead atoms. The van der Waals surface area contributed by atoms with E-state index in [2.05, 4.69) is 10.1 Å². The number of hydrogen-bond donors (Lipinski definition) is 1. The van der Waals surface area contributed by atoms with E-state index in [1.165, 1.54) is 11.3 Å². The maximum Gasteiger partial charge on any atom is 0.284 e. The molecule has 0 atom stereocenters. The average Bonchev–Trinajstić information content (AvgIpc) is 2.75. The Labute approximate surface area is 135 Å². The second kappa shape index (κ2) is 5.55. The van der Waals surface area contributed by atoms with Gasteiger partial charge in [0, 0.05) is 9.90 Å². The van der Waals surface area contributed by atoms with Crippen molar-refractivity contribution in [3.63, 3.8) is 0 Å². The van der Waals surface area contributed by atoms with Crippen molar-refractivity contribution in [3.8, 4) is 0 Å². The summed E-state index contributed by atoms with van der Waals surface area (Å²) in [5.74, 6) is 0.0731. The molecular weight excluding hydrogens is 320 g/mol. The molecule has 2 aromatic heterocycles. The van der Waals surface area contributed by atoms with Crippen LogP contribution in [0.2, 0.25) is 5.02 Å². The summed E-state index contributed by atoms with van der Waals surface area (Å²) in [6, 6.07) is 7.11. The minimum absolute atomic E-state index is 0.0731. The highest BCUT2D eigenvalue weighted by Crippen LogP contribution is 2.26. The van der Waals surface area contributed by atoms with Crippen molar-refractivity contribution >= 4 is 45.3 Å². The second-order valence-corrected chi connectivity index (χ2v) is 6.49. The number of thiophene rings is 1. The molecule has 2 heterocycles. The van der Waals surface area contributed by atoms with Gasteiger partial charge >= 0.3 is 0 Å². The lowest BCUT2D eigenvalue weighted by Gasteiger charge is -2.03. The Morgan fingerprint density at radius 1 is 1.32 bits per heavy atom. The Kier molecular flexibility index (Phi) is 3.72. The van der Waals surface area contributed by atoms with Crippen molar-refractivity contribution in [2.75, 3.05) is 5.73 Å². The molecule has 3 rings (SSSR count). The quantitative estimate of drug-likeness (QED) is 0.732. The lowest BCUT2D eigenvalue weighted by molar-refractivity contribution is 0.835. The van der Waals surface area contributed by atoms with Crippen LogP contribution in [-0.4, -0.2) is 15.9 Å². The summed E-state index contributed by atoms with van der Waals surface area (Å²) in [6.07, 6.45) is 1.55. The molecule has 112 valence electrons. The molecule has 1 aromatic carbocycles. The Morgan fingerprint density at radius 3 is 2.68 bits per heavy atom. The Bertz CT molecular complexity index is 941. The van der Waals surface area contributed by atoms with Gasteiger partial charge in [0.2, 0.25) is 5.95 Å². The van der Waals surface area contributed by atoms with Gasteiger partial charge in [0.15, 0.2) is 0 Å². The van der Waals surface area contributed by atoms with Crippen molar-refractivity contribution in [3.05, 3.63) is 55.6 Å². The van der Waals surface area contributed by atoms with E-state index >= 15 is 0 Å². The van der Waals surface area contributed by atoms with Gasteiger partial charge in [-0.15, -0.1) is 11.3 Å². The fraction of sp³-hybridized carbons (Fsp3) is 0.133. The van der Waals surface area contributed by atoms with Crippen molar-refractivity contribution in [1.29, 1.82) is 0 Å². The first-order valence-corrected chi connectivity index (χ1v) is 7.75. The lowest BCUT2D eigenvalue weighted by atomic mass is 10.2. The molecule has 0 amide bonds. The van der Waals surface area contributed by atoms with Gasteiger partial charge in [-0.3, -0.25) is 4.79 Å². The molecule has 3 aromatic rings. The number of nitrogen functional groups attached to an aromatic ring is 1. The van der Waals surface area contributed by atoms with Crippen LogP contribution in [0.15, 0.2) is 34.2 Å². The standard InChI is InChI=1S/C15H13ClN4OS/c1-8-9(2)22-13-12(8)14(21)20(15(17)19-13)18-7-10-3-5-11(16)6-4-10/h3-7H,1-2H3,(H2,17,19)/b18-7+. The van der Waals surface area contributed by atoms with E-state index < -0.39 is 0 Å². The van der Waals surface area contributed by atoms with E-state index in [-0.39, 0.29) is 11.5 Å². The van der Waals surface area contributed by atoms with Crippen LogP contribution in [0.5, 0.6) is 0 Å². The van der Waals surface area contributed by atoms with E-state index in [4.69, 9.17) is 17.3 Å². The molecule has 0 aliphatic rings. The second-order valence-electron chi connectivity index (χ2n) is 4.85. The number of nitrogens with zero attached hydrogens (tertiary/aromatic N) is 3. The predicted octanol–water partition coefficient (Wildman–Crippen LogP) is 3.19. The summed E-state index contributed by atoms with van der Waals surface area (Å²) < 4.78 is 1.12. The van der Waals surface area contributed by atoms with Gasteiger partial charge in [-0.25, -0.2) is 4.98 Å². The Hall–Kier alpha value is -2.18. The highest BCUT2D eigenvalue weighted by atomic mass is 35.5. The third kappa shape index (κ3) is 2.51. The van der Waals surface area contributed by atoms with Crippen molar-refractivity contribution < 1.29 is 0 Å². The first kappa shape index (κ1) is 14.7. The molecule has 0 aliphatic carbocycles. The van der Waals surface area contributed by atoms with Gasteiger partial charge in [-0.05, 0) is 37.1 Å². The number of hydrogen-bond acceptors (Lipinski definition) is 5. The predicted molar refractivity (Wildman–Crippen MR) is 92.2 cm³/mol. The normalized spacial score (nSPS) is 11.6. The summed E-state index contributed by atoms with van der Waals surface area (Å²) >= 11 is 7.30. The topological polar surface area (TPSA) is 73.3 Å². The third-order valence-corrected chi connectivity index (χ3v) is 4.75. The number of nitrogens with two attached hydrogens (primary N) is 1. The maximum absolute atomic E-state index is 12.6. The molecule has 0 saturated heterocycles. The Balaban J connectivity index is 2.12. The van der Waals surface area contributed by atoms with Gasteiger partial charge in [0.1, 0.15) is 4.83 Å². The van der Waals surface area contributed by atoms with E-state index in [1.54, 1.807) is 30.5 Å². The van der Waals surface area contributed by atoms with Crippen molar-refractivity contribution in [2.45, 2.75) is 13.8 Å². The summed E-state index contributed by atoms with van der Waals surface area (Å²) in [7, 11) is 0. The Morgan fingerprint density at radius 2 is 2.00 bits per heavy atom. The zero-order valence-corrected chi connectivity index (χ0v) is 13.6. The third-order valence-electron chi connectivity index (χ3n) is 3.40. The molecular formula is C15H13ClN4OS. The fourth-order valence-corrected chi connectivity index (χ4v) is 3.24. The fourth-order valence-electron chi connectivity index (χ4n) is 2.09. The number of anilines is 1. The van der Waals surface area contributed by atoms with Gasteiger partial charge < -0.3 is 5.73 Å². The first-order valence-electron chi connectivity index (χ1n) is 6.55. The molecule has 0 unspecified atom stereocenters. The van der Waals surface area contributed by atoms with Crippen LogP contribution in [0.4, 0.5) is 5.95 Å². The van der Waals surface area contributed by atoms with Gasteiger partial charge in [0.25, 0.3) is 5.56 Å². The minimum Gasteiger partial charge on any atom is -0.368 e. The van der Waals surface area contributed by atoms with Crippen molar-refractivity contribution in [2.24, 2.45) is 5.10 Å². The molecule has 0 radical (unpaired) electrons. The summed E-state index contributed by atoms with van der Waals surface area (Å²) in [6.45, 7) is 3.86. The van der Waals surface area contributed by atoms with Gasteiger partial charge in [0.05, 0.1) is 11.6 Å². The zero-order valence-electron chi connectivity index (χ0n) is 12.0. The number of benzene rings is 1. The minimum atomic E-state index is -0.255. The smallest absolute Gasteiger partial charge is 0.284 e. The molecule has 22 heavy (non-hydrogen) atoms. The molecule has 2 N–H and O–H groups in total. The maximum atomic E-state index is 12.6. The zero-order chi connectivity index (χ0) is 15.9.